The lowest BCUT2D eigenvalue weighted by Gasteiger charge is -2.34. The first kappa shape index (κ1) is 18.2. The van der Waals surface area contributed by atoms with Gasteiger partial charge in [-0.1, -0.05) is 23.9 Å². The number of alkyl halides is 3. The molecule has 0 radical (unpaired) electrons. The van der Waals surface area contributed by atoms with Crippen LogP contribution in [0.1, 0.15) is 5.56 Å². The summed E-state index contributed by atoms with van der Waals surface area (Å²) in [5.41, 5.74) is 13.2. The summed E-state index contributed by atoms with van der Waals surface area (Å²) in [6.45, 7) is 0. The molecule has 1 aliphatic rings. The highest BCUT2D eigenvalue weighted by atomic mass is 32.2. The molecule has 1 aromatic carbocycles. The summed E-state index contributed by atoms with van der Waals surface area (Å²) < 4.78 is 42.8. The molecule has 2 aromatic rings. The van der Waals surface area contributed by atoms with E-state index in [9.17, 15) is 13.2 Å². The zero-order chi connectivity index (χ0) is 18.2. The summed E-state index contributed by atoms with van der Waals surface area (Å²) in [5.74, 6) is -0.344. The lowest BCUT2D eigenvalue weighted by molar-refractivity contribution is -0.303. The molecule has 0 fully saturated rings. The van der Waals surface area contributed by atoms with Gasteiger partial charge >= 0.3 is 6.36 Å². The molecule has 2 atom stereocenters. The molecule has 1 heterocycles. The molecule has 0 bridgehead atoms. The van der Waals surface area contributed by atoms with Crippen LogP contribution < -0.4 is 11.5 Å². The molecule has 3 rings (SSSR count). The van der Waals surface area contributed by atoms with Crippen molar-refractivity contribution in [1.29, 1.82) is 0 Å². The van der Waals surface area contributed by atoms with Gasteiger partial charge in [0.05, 0.1) is 15.8 Å². The zero-order valence-corrected chi connectivity index (χ0v) is 14.8. The van der Waals surface area contributed by atoms with Crippen LogP contribution in [0.2, 0.25) is 0 Å². The van der Waals surface area contributed by atoms with Crippen molar-refractivity contribution in [3.63, 3.8) is 0 Å². The maximum absolute atomic E-state index is 12.3. The van der Waals surface area contributed by atoms with Gasteiger partial charge in [-0.3, -0.25) is 0 Å². The van der Waals surface area contributed by atoms with Gasteiger partial charge in [0.25, 0.3) is 0 Å². The van der Waals surface area contributed by atoms with Gasteiger partial charge in [0.2, 0.25) is 0 Å². The fourth-order valence-electron chi connectivity index (χ4n) is 2.61. The molecule has 0 spiro atoms. The van der Waals surface area contributed by atoms with Crippen molar-refractivity contribution in [2.24, 2.45) is 11.5 Å². The number of hydrogen-bond acceptors (Lipinski definition) is 6. The minimum Gasteiger partial charge on any atom is -0.406 e. The monoisotopic (exact) mass is 387 g/mol. The number of benzene rings is 1. The van der Waals surface area contributed by atoms with Gasteiger partial charge in [0.1, 0.15) is 5.76 Å². The van der Waals surface area contributed by atoms with E-state index in [1.807, 2.05) is 24.5 Å². The highest BCUT2D eigenvalue weighted by Crippen LogP contribution is 2.31. The van der Waals surface area contributed by atoms with Crippen LogP contribution >= 0.6 is 23.1 Å². The van der Waals surface area contributed by atoms with Gasteiger partial charge < -0.3 is 16.2 Å². The number of fused-ring (bicyclic) bond motifs is 1. The smallest absolute Gasteiger partial charge is 0.406 e. The first-order valence-corrected chi connectivity index (χ1v) is 9.37. The second-order valence-electron chi connectivity index (χ2n) is 5.75. The molecular formula is C16H16F3N3OS2. The van der Waals surface area contributed by atoms with Crippen molar-refractivity contribution >= 4 is 33.3 Å². The van der Waals surface area contributed by atoms with Crippen molar-refractivity contribution in [2.45, 2.75) is 28.7 Å². The van der Waals surface area contributed by atoms with Crippen LogP contribution in [0, 0.1) is 0 Å². The summed E-state index contributed by atoms with van der Waals surface area (Å²) in [6.07, 6.45) is 1.49. The third-order valence-corrected chi connectivity index (χ3v) is 5.88. The van der Waals surface area contributed by atoms with Gasteiger partial charge in [-0.15, -0.1) is 24.5 Å². The Labute approximate surface area is 150 Å². The van der Waals surface area contributed by atoms with E-state index in [4.69, 9.17) is 11.5 Å². The van der Waals surface area contributed by atoms with E-state index in [0.717, 1.165) is 20.1 Å². The Morgan fingerprint density at radius 1 is 1.40 bits per heavy atom. The second kappa shape index (κ2) is 6.64. The van der Waals surface area contributed by atoms with Crippen LogP contribution in [0.4, 0.5) is 13.2 Å². The van der Waals surface area contributed by atoms with E-state index in [1.165, 1.54) is 18.2 Å². The summed E-state index contributed by atoms with van der Waals surface area (Å²) in [4.78, 5) is 4.47. The quantitative estimate of drug-likeness (QED) is 0.785. The largest absolute Gasteiger partial charge is 0.573 e. The first-order chi connectivity index (χ1) is 11.7. The Kier molecular flexibility index (Phi) is 4.84. The fourth-order valence-corrected chi connectivity index (χ4v) is 4.17. The molecule has 2 unspecified atom stereocenters. The van der Waals surface area contributed by atoms with E-state index in [1.54, 1.807) is 23.1 Å². The predicted octanol–water partition coefficient (Wildman–Crippen LogP) is 3.58. The molecule has 25 heavy (non-hydrogen) atoms. The van der Waals surface area contributed by atoms with Crippen LogP contribution in [-0.4, -0.2) is 29.2 Å². The Hall–Kier alpha value is -1.55. The third kappa shape index (κ3) is 4.17. The summed E-state index contributed by atoms with van der Waals surface area (Å²) in [5, 5.41) is 0. The minimum absolute atomic E-state index is 0.344. The van der Waals surface area contributed by atoms with Gasteiger partial charge in [-0.25, -0.2) is 4.98 Å². The molecule has 0 aliphatic heterocycles. The van der Waals surface area contributed by atoms with Gasteiger partial charge in [0.15, 0.2) is 4.34 Å². The standard InChI is InChI=1S/C16H16F3N3OS2/c1-24-14-22-11-3-2-9(6-12(11)25-14)8-15(21)5-4-10(7-13(15)20)23-16(17,18)19/h2-7,13H,8,20-21H2,1H3. The maximum Gasteiger partial charge on any atom is 0.573 e. The molecule has 0 saturated heterocycles. The lowest BCUT2D eigenvalue weighted by Crippen LogP contribution is -2.55. The predicted molar refractivity (Wildman–Crippen MR) is 94.4 cm³/mol. The van der Waals surface area contributed by atoms with Crippen molar-refractivity contribution < 1.29 is 17.9 Å². The number of thioether (sulfide) groups is 1. The number of ether oxygens (including phenoxy) is 1. The average Bonchev–Trinajstić information content (AvgIpc) is 2.92. The van der Waals surface area contributed by atoms with E-state index >= 15 is 0 Å². The van der Waals surface area contributed by atoms with Gasteiger partial charge in [-0.05, 0) is 42.5 Å². The topological polar surface area (TPSA) is 74.2 Å². The van der Waals surface area contributed by atoms with Gasteiger partial charge in [0, 0.05) is 6.04 Å². The van der Waals surface area contributed by atoms with Crippen LogP contribution in [0.5, 0.6) is 0 Å². The van der Waals surface area contributed by atoms with E-state index in [0.29, 0.717) is 6.42 Å². The number of halogens is 3. The van der Waals surface area contributed by atoms with E-state index in [2.05, 4.69) is 9.72 Å². The number of nitrogens with two attached hydrogens (primary N) is 2. The lowest BCUT2D eigenvalue weighted by atomic mass is 9.82. The van der Waals surface area contributed by atoms with Crippen LogP contribution in [0.15, 0.2) is 46.5 Å². The average molecular weight is 387 g/mol. The Bertz CT molecular complexity index is 847. The highest BCUT2D eigenvalue weighted by Gasteiger charge is 2.36. The van der Waals surface area contributed by atoms with Crippen LogP contribution in [-0.2, 0) is 11.2 Å². The van der Waals surface area contributed by atoms with Crippen LogP contribution in [0.25, 0.3) is 10.2 Å². The molecule has 134 valence electrons. The molecule has 1 aromatic heterocycles. The number of thiazole rings is 1. The molecule has 4 nitrogen and oxygen atoms in total. The SMILES string of the molecule is CSc1nc2ccc(CC3(N)C=CC(OC(F)(F)F)=CC3N)cc2s1. The number of nitrogens with zero attached hydrogens (tertiary/aromatic N) is 1. The molecule has 0 amide bonds. The van der Waals surface area contributed by atoms with Gasteiger partial charge in [-0.2, -0.15) is 0 Å². The molecule has 4 N–H and O–H groups in total. The summed E-state index contributed by atoms with van der Waals surface area (Å²) in [6, 6.07) is 5.02. The normalized spacial score (nSPS) is 23.8. The number of rotatable bonds is 4. The first-order valence-electron chi connectivity index (χ1n) is 7.33. The molecular weight excluding hydrogens is 371 g/mol. The highest BCUT2D eigenvalue weighted by molar-refractivity contribution is 8.00. The van der Waals surface area contributed by atoms with Crippen molar-refractivity contribution in [3.05, 3.63) is 47.7 Å². The number of allylic oxidation sites excluding steroid dienone is 1. The summed E-state index contributed by atoms with van der Waals surface area (Å²) >= 11 is 3.16. The Balaban J connectivity index is 1.79. The minimum atomic E-state index is -4.75. The molecule has 0 saturated carbocycles. The molecule has 1 aliphatic carbocycles. The van der Waals surface area contributed by atoms with E-state index < -0.39 is 17.9 Å². The Morgan fingerprint density at radius 2 is 2.16 bits per heavy atom. The summed E-state index contributed by atoms with van der Waals surface area (Å²) in [7, 11) is 0. The van der Waals surface area contributed by atoms with Crippen molar-refractivity contribution in [2.75, 3.05) is 6.26 Å². The van der Waals surface area contributed by atoms with Crippen LogP contribution in [0.3, 0.4) is 0 Å². The number of aromatic nitrogens is 1. The van der Waals surface area contributed by atoms with Crippen molar-refractivity contribution in [1.82, 2.24) is 4.98 Å². The third-order valence-electron chi connectivity index (χ3n) is 3.87. The Morgan fingerprint density at radius 3 is 2.80 bits per heavy atom. The zero-order valence-electron chi connectivity index (χ0n) is 13.2. The van der Waals surface area contributed by atoms with Crippen molar-refractivity contribution in [3.8, 4) is 0 Å². The molecule has 9 heteroatoms. The number of hydrogen-bond donors (Lipinski definition) is 2. The maximum atomic E-state index is 12.3. The fraction of sp³-hybridized carbons (Fsp3) is 0.312. The van der Waals surface area contributed by atoms with E-state index in [-0.39, 0.29) is 5.76 Å². The second-order valence-corrected chi connectivity index (χ2v) is 7.84.